The molecule has 19 heavy (non-hydrogen) atoms. The Bertz CT molecular complexity index is 412. The van der Waals surface area contributed by atoms with Crippen molar-refractivity contribution in [2.24, 2.45) is 11.7 Å². The molecule has 4 nitrogen and oxygen atoms in total. The molecular weight excluding hydrogens is 310 g/mol. The average molecular weight is 332 g/mol. The maximum atomic E-state index is 10.5. The lowest BCUT2D eigenvalue weighted by molar-refractivity contribution is 0.106. The Morgan fingerprint density at radius 1 is 1.26 bits per heavy atom. The predicted octanol–water partition coefficient (Wildman–Crippen LogP) is 2.87. The van der Waals surface area contributed by atoms with Gasteiger partial charge in [0.1, 0.15) is 0 Å². The Balaban J connectivity index is 3.11. The fourth-order valence-electron chi connectivity index (χ4n) is 2.13. The largest absolute Gasteiger partial charge is 0.493 e. The number of rotatable bonds is 7. The van der Waals surface area contributed by atoms with Crippen LogP contribution in [0.15, 0.2) is 16.6 Å². The maximum Gasteiger partial charge on any atom is 0.161 e. The van der Waals surface area contributed by atoms with Crippen molar-refractivity contribution in [3.63, 3.8) is 0 Å². The molecule has 0 saturated carbocycles. The minimum absolute atomic E-state index is 0.0411. The van der Waals surface area contributed by atoms with Crippen LogP contribution in [0, 0.1) is 5.92 Å². The van der Waals surface area contributed by atoms with Gasteiger partial charge in [0.05, 0.1) is 20.3 Å². The number of methoxy groups -OCH3 is 2. The first-order chi connectivity index (χ1) is 9.08. The molecule has 0 aromatic heterocycles. The summed E-state index contributed by atoms with van der Waals surface area (Å²) in [4.78, 5) is 0. The molecule has 0 saturated heterocycles. The van der Waals surface area contributed by atoms with Gasteiger partial charge in [0.25, 0.3) is 0 Å². The van der Waals surface area contributed by atoms with E-state index in [4.69, 9.17) is 15.2 Å². The van der Waals surface area contributed by atoms with Crippen LogP contribution in [-0.4, -0.2) is 25.9 Å². The van der Waals surface area contributed by atoms with E-state index in [0.29, 0.717) is 18.0 Å². The van der Waals surface area contributed by atoms with Crippen LogP contribution < -0.4 is 15.2 Å². The minimum Gasteiger partial charge on any atom is -0.493 e. The van der Waals surface area contributed by atoms with Crippen LogP contribution in [0.25, 0.3) is 0 Å². The van der Waals surface area contributed by atoms with E-state index in [1.165, 1.54) is 0 Å². The van der Waals surface area contributed by atoms with Crippen LogP contribution in [-0.2, 0) is 0 Å². The molecule has 1 aromatic carbocycles. The summed E-state index contributed by atoms with van der Waals surface area (Å²) in [5, 5.41) is 10.5. The Morgan fingerprint density at radius 3 is 2.32 bits per heavy atom. The quantitative estimate of drug-likeness (QED) is 0.806. The van der Waals surface area contributed by atoms with Gasteiger partial charge in [-0.2, -0.15) is 0 Å². The number of aliphatic hydroxyl groups excluding tert-OH is 1. The molecule has 2 atom stereocenters. The van der Waals surface area contributed by atoms with Crippen molar-refractivity contribution >= 4 is 15.9 Å². The molecule has 1 aromatic rings. The highest BCUT2D eigenvalue weighted by Crippen LogP contribution is 2.38. The van der Waals surface area contributed by atoms with Crippen LogP contribution in [0.1, 0.15) is 31.4 Å². The molecule has 0 aliphatic rings. The molecule has 0 spiro atoms. The highest BCUT2D eigenvalue weighted by atomic mass is 79.9. The predicted molar refractivity (Wildman–Crippen MR) is 79.7 cm³/mol. The van der Waals surface area contributed by atoms with Crippen molar-refractivity contribution in [2.45, 2.75) is 25.9 Å². The molecule has 0 heterocycles. The van der Waals surface area contributed by atoms with Gasteiger partial charge in [-0.1, -0.05) is 29.3 Å². The fourth-order valence-corrected chi connectivity index (χ4v) is 2.68. The summed E-state index contributed by atoms with van der Waals surface area (Å²) in [7, 11) is 3.16. The van der Waals surface area contributed by atoms with Crippen molar-refractivity contribution < 1.29 is 14.6 Å². The monoisotopic (exact) mass is 331 g/mol. The van der Waals surface area contributed by atoms with E-state index in [2.05, 4.69) is 22.9 Å². The third kappa shape index (κ3) is 3.84. The molecule has 0 aliphatic heterocycles. The summed E-state index contributed by atoms with van der Waals surface area (Å²) in [5.74, 6) is 1.27. The lowest BCUT2D eigenvalue weighted by Crippen LogP contribution is -2.22. The maximum absolute atomic E-state index is 10.5. The Hall–Kier alpha value is -0.780. The van der Waals surface area contributed by atoms with E-state index < -0.39 is 6.10 Å². The van der Waals surface area contributed by atoms with Crippen LogP contribution in [0.4, 0.5) is 0 Å². The molecule has 5 heteroatoms. The lowest BCUT2D eigenvalue weighted by atomic mass is 9.92. The number of halogens is 1. The Labute approximate surface area is 123 Å². The number of nitrogens with two attached hydrogens (primary N) is 1. The molecular formula is C14H22BrNO3. The van der Waals surface area contributed by atoms with E-state index in [-0.39, 0.29) is 5.92 Å². The molecule has 0 radical (unpaired) electrons. The minimum atomic E-state index is -0.612. The van der Waals surface area contributed by atoms with Crippen molar-refractivity contribution in [3.05, 3.63) is 22.2 Å². The average Bonchev–Trinajstić information content (AvgIpc) is 2.43. The Morgan fingerprint density at radius 2 is 1.84 bits per heavy atom. The van der Waals surface area contributed by atoms with Crippen LogP contribution in [0.2, 0.25) is 0 Å². The van der Waals surface area contributed by atoms with Crippen LogP contribution in [0.3, 0.4) is 0 Å². The number of benzene rings is 1. The summed E-state index contributed by atoms with van der Waals surface area (Å²) in [6, 6.07) is 3.60. The standard InChI is InChI=1S/C14H22BrNO3/c1-4-5-9(8-16)14(17)10-6-12(18-2)13(19-3)7-11(10)15/h6-7,9,14,17H,4-5,8,16H2,1-3H3. The second kappa shape index (κ2) is 7.72. The van der Waals surface area contributed by atoms with Crippen molar-refractivity contribution in [1.29, 1.82) is 0 Å². The molecule has 0 fully saturated rings. The summed E-state index contributed by atoms with van der Waals surface area (Å²) >= 11 is 3.46. The first-order valence-corrected chi connectivity index (χ1v) is 7.17. The third-order valence-electron chi connectivity index (χ3n) is 3.23. The van der Waals surface area contributed by atoms with Crippen molar-refractivity contribution in [1.82, 2.24) is 0 Å². The molecule has 0 amide bonds. The van der Waals surface area contributed by atoms with Gasteiger partial charge in [-0.3, -0.25) is 0 Å². The molecule has 0 bridgehead atoms. The van der Waals surface area contributed by atoms with Gasteiger partial charge in [-0.25, -0.2) is 0 Å². The fraction of sp³-hybridized carbons (Fsp3) is 0.571. The van der Waals surface area contributed by atoms with Gasteiger partial charge in [0, 0.05) is 10.4 Å². The summed E-state index contributed by atoms with van der Waals surface area (Å²) in [6.45, 7) is 2.54. The van der Waals surface area contributed by atoms with E-state index >= 15 is 0 Å². The van der Waals surface area contributed by atoms with Crippen molar-refractivity contribution in [3.8, 4) is 11.5 Å². The zero-order chi connectivity index (χ0) is 14.4. The summed E-state index contributed by atoms with van der Waals surface area (Å²) in [5.41, 5.74) is 6.52. The molecule has 108 valence electrons. The van der Waals surface area contributed by atoms with Gasteiger partial charge in [-0.05, 0) is 30.7 Å². The van der Waals surface area contributed by atoms with Gasteiger partial charge in [0.15, 0.2) is 11.5 Å². The number of hydrogen-bond acceptors (Lipinski definition) is 4. The van der Waals surface area contributed by atoms with E-state index in [1.54, 1.807) is 26.4 Å². The number of hydrogen-bond donors (Lipinski definition) is 2. The normalized spacial score (nSPS) is 14.0. The van der Waals surface area contributed by atoms with Gasteiger partial charge >= 0.3 is 0 Å². The molecule has 2 unspecified atom stereocenters. The summed E-state index contributed by atoms with van der Waals surface area (Å²) < 4.78 is 11.3. The lowest BCUT2D eigenvalue weighted by Gasteiger charge is -2.23. The zero-order valence-electron chi connectivity index (χ0n) is 11.6. The SMILES string of the molecule is CCCC(CN)C(O)c1cc(OC)c(OC)cc1Br. The third-order valence-corrected chi connectivity index (χ3v) is 3.92. The molecule has 0 aliphatic carbocycles. The van der Waals surface area contributed by atoms with Gasteiger partial charge in [-0.15, -0.1) is 0 Å². The molecule has 3 N–H and O–H groups in total. The number of aliphatic hydroxyl groups is 1. The first-order valence-electron chi connectivity index (χ1n) is 6.38. The highest BCUT2D eigenvalue weighted by molar-refractivity contribution is 9.10. The molecule has 1 rings (SSSR count). The van der Waals surface area contributed by atoms with Gasteiger partial charge in [0.2, 0.25) is 0 Å². The highest BCUT2D eigenvalue weighted by Gasteiger charge is 2.23. The van der Waals surface area contributed by atoms with Gasteiger partial charge < -0.3 is 20.3 Å². The zero-order valence-corrected chi connectivity index (χ0v) is 13.2. The smallest absolute Gasteiger partial charge is 0.161 e. The first kappa shape index (κ1) is 16.3. The second-order valence-corrected chi connectivity index (χ2v) is 5.31. The van der Waals surface area contributed by atoms with E-state index in [0.717, 1.165) is 22.9 Å². The second-order valence-electron chi connectivity index (χ2n) is 4.46. The van der Waals surface area contributed by atoms with E-state index in [1.807, 2.05) is 0 Å². The summed E-state index contributed by atoms with van der Waals surface area (Å²) in [6.07, 6.45) is 1.27. The Kier molecular flexibility index (Phi) is 6.62. The van der Waals surface area contributed by atoms with E-state index in [9.17, 15) is 5.11 Å². The van der Waals surface area contributed by atoms with Crippen molar-refractivity contribution in [2.75, 3.05) is 20.8 Å². The number of ether oxygens (including phenoxy) is 2. The topological polar surface area (TPSA) is 64.7 Å². The van der Waals surface area contributed by atoms with Crippen LogP contribution in [0.5, 0.6) is 11.5 Å². The van der Waals surface area contributed by atoms with Crippen LogP contribution >= 0.6 is 15.9 Å².